The SMILES string of the molecule is CCOC(=O)NNC(=O)c1cc(-c2ccc(Cl)cc2)nc2ccccc12. The van der Waals surface area contributed by atoms with Crippen LogP contribution in [-0.4, -0.2) is 23.6 Å². The Labute approximate surface area is 155 Å². The Bertz CT molecular complexity index is 958. The minimum Gasteiger partial charge on any atom is -0.449 e. The van der Waals surface area contributed by atoms with Crippen LogP contribution in [0.2, 0.25) is 5.02 Å². The van der Waals surface area contributed by atoms with Crippen LogP contribution in [0.5, 0.6) is 0 Å². The van der Waals surface area contributed by atoms with Crippen LogP contribution in [0.4, 0.5) is 4.79 Å². The third-order valence-electron chi connectivity index (χ3n) is 3.65. The van der Waals surface area contributed by atoms with Crippen LogP contribution < -0.4 is 10.9 Å². The number of nitrogens with one attached hydrogen (secondary N) is 2. The summed E-state index contributed by atoms with van der Waals surface area (Å²) in [6.07, 6.45) is -0.725. The molecule has 1 heterocycles. The number of pyridine rings is 1. The highest BCUT2D eigenvalue weighted by atomic mass is 35.5. The molecule has 0 bridgehead atoms. The van der Waals surface area contributed by atoms with Crippen LogP contribution in [0, 0.1) is 0 Å². The number of rotatable bonds is 3. The van der Waals surface area contributed by atoms with Crippen molar-refractivity contribution in [1.82, 2.24) is 15.8 Å². The number of hydrazine groups is 1. The van der Waals surface area contributed by atoms with Crippen molar-refractivity contribution in [2.24, 2.45) is 0 Å². The zero-order valence-electron chi connectivity index (χ0n) is 14.0. The molecule has 0 fully saturated rings. The molecule has 0 radical (unpaired) electrons. The van der Waals surface area contributed by atoms with Gasteiger partial charge in [0.2, 0.25) is 0 Å². The van der Waals surface area contributed by atoms with Crippen LogP contribution in [0.15, 0.2) is 54.6 Å². The number of carbonyl (C=O) groups is 2. The van der Waals surface area contributed by atoms with E-state index in [-0.39, 0.29) is 6.61 Å². The largest absolute Gasteiger partial charge is 0.449 e. The first kappa shape index (κ1) is 17.7. The lowest BCUT2D eigenvalue weighted by Crippen LogP contribution is -2.42. The molecule has 0 aliphatic carbocycles. The lowest BCUT2D eigenvalue weighted by Gasteiger charge is -2.11. The number of benzene rings is 2. The first-order chi connectivity index (χ1) is 12.6. The van der Waals surface area contributed by atoms with E-state index in [4.69, 9.17) is 16.3 Å². The molecule has 6 nitrogen and oxygen atoms in total. The molecule has 1 aromatic heterocycles. The van der Waals surface area contributed by atoms with Crippen LogP contribution in [-0.2, 0) is 4.74 Å². The van der Waals surface area contributed by atoms with Crippen molar-refractivity contribution in [2.45, 2.75) is 6.92 Å². The van der Waals surface area contributed by atoms with Gasteiger partial charge in [-0.2, -0.15) is 0 Å². The van der Waals surface area contributed by atoms with Crippen molar-refractivity contribution in [3.63, 3.8) is 0 Å². The second-order valence-corrected chi connectivity index (χ2v) is 5.82. The first-order valence-corrected chi connectivity index (χ1v) is 8.35. The van der Waals surface area contributed by atoms with Gasteiger partial charge >= 0.3 is 6.09 Å². The Morgan fingerprint density at radius 1 is 1.08 bits per heavy atom. The summed E-state index contributed by atoms with van der Waals surface area (Å²) in [5.41, 5.74) is 7.07. The van der Waals surface area contributed by atoms with Gasteiger partial charge in [0.1, 0.15) is 0 Å². The molecule has 2 aromatic carbocycles. The summed E-state index contributed by atoms with van der Waals surface area (Å²) in [5, 5.41) is 1.29. The fourth-order valence-electron chi connectivity index (χ4n) is 2.47. The quantitative estimate of drug-likeness (QED) is 0.685. The van der Waals surface area contributed by atoms with Gasteiger partial charge in [-0.15, -0.1) is 0 Å². The monoisotopic (exact) mass is 369 g/mol. The molecule has 0 aliphatic heterocycles. The van der Waals surface area contributed by atoms with Gasteiger partial charge in [0.05, 0.1) is 23.4 Å². The van der Waals surface area contributed by atoms with Gasteiger partial charge in [-0.05, 0) is 31.2 Å². The van der Waals surface area contributed by atoms with E-state index in [2.05, 4.69) is 15.8 Å². The average Bonchev–Trinajstić information content (AvgIpc) is 2.66. The van der Waals surface area contributed by atoms with Crippen LogP contribution in [0.3, 0.4) is 0 Å². The predicted molar refractivity (Wildman–Crippen MR) is 99.8 cm³/mol. The highest BCUT2D eigenvalue weighted by molar-refractivity contribution is 6.30. The van der Waals surface area contributed by atoms with E-state index in [0.29, 0.717) is 27.2 Å². The normalized spacial score (nSPS) is 10.4. The Morgan fingerprint density at radius 3 is 2.54 bits per heavy atom. The number of hydrogen-bond acceptors (Lipinski definition) is 4. The topological polar surface area (TPSA) is 80.3 Å². The molecule has 132 valence electrons. The standard InChI is InChI=1S/C19H16ClN3O3/c1-2-26-19(25)23-22-18(24)15-11-17(12-7-9-13(20)10-8-12)21-16-6-4-3-5-14(15)16/h3-11H,2H2,1H3,(H,22,24)(H,23,25). The molecule has 0 spiro atoms. The highest BCUT2D eigenvalue weighted by Gasteiger charge is 2.14. The molecular formula is C19H16ClN3O3. The maximum absolute atomic E-state index is 12.6. The van der Waals surface area contributed by atoms with Gasteiger partial charge in [0, 0.05) is 16.0 Å². The van der Waals surface area contributed by atoms with Gasteiger partial charge < -0.3 is 4.74 Å². The second kappa shape index (κ2) is 7.84. The summed E-state index contributed by atoms with van der Waals surface area (Å²) < 4.78 is 4.73. The third kappa shape index (κ3) is 3.92. The lowest BCUT2D eigenvalue weighted by atomic mass is 10.0. The van der Waals surface area contributed by atoms with Gasteiger partial charge in [0.25, 0.3) is 5.91 Å². The summed E-state index contributed by atoms with van der Waals surface area (Å²) >= 11 is 5.94. The zero-order chi connectivity index (χ0) is 18.5. The third-order valence-corrected chi connectivity index (χ3v) is 3.91. The highest BCUT2D eigenvalue weighted by Crippen LogP contribution is 2.25. The van der Waals surface area contributed by atoms with Gasteiger partial charge in [-0.3, -0.25) is 10.2 Å². The number of carbonyl (C=O) groups excluding carboxylic acids is 2. The molecule has 0 saturated carbocycles. The van der Waals surface area contributed by atoms with Gasteiger partial charge in [-0.1, -0.05) is 41.9 Å². The molecule has 0 atom stereocenters. The van der Waals surface area contributed by atoms with Gasteiger partial charge in [0.15, 0.2) is 0 Å². The summed E-state index contributed by atoms with van der Waals surface area (Å²) in [5.74, 6) is -0.466. The molecule has 7 heteroatoms. The summed E-state index contributed by atoms with van der Waals surface area (Å²) in [7, 11) is 0. The molecule has 3 aromatic rings. The number of amides is 2. The van der Waals surface area contributed by atoms with E-state index in [9.17, 15) is 9.59 Å². The average molecular weight is 370 g/mol. The van der Waals surface area contributed by atoms with Crippen molar-refractivity contribution in [3.05, 3.63) is 65.2 Å². The van der Waals surface area contributed by atoms with E-state index in [0.717, 1.165) is 5.56 Å². The number of halogens is 1. The maximum atomic E-state index is 12.6. The van der Waals surface area contributed by atoms with Crippen LogP contribution in [0.25, 0.3) is 22.2 Å². The fraction of sp³-hybridized carbons (Fsp3) is 0.105. The fourth-order valence-corrected chi connectivity index (χ4v) is 2.60. The molecule has 2 N–H and O–H groups in total. The Hall–Kier alpha value is -3.12. The van der Waals surface area contributed by atoms with Crippen molar-refractivity contribution in [1.29, 1.82) is 0 Å². The summed E-state index contributed by atoms with van der Waals surface area (Å²) in [6.45, 7) is 1.89. The minimum absolute atomic E-state index is 0.209. The van der Waals surface area contributed by atoms with Gasteiger partial charge in [-0.25, -0.2) is 15.2 Å². The number of fused-ring (bicyclic) bond motifs is 1. The number of nitrogens with zero attached hydrogens (tertiary/aromatic N) is 1. The van der Waals surface area contributed by atoms with E-state index in [1.807, 2.05) is 30.3 Å². The molecule has 0 saturated heterocycles. The Kier molecular flexibility index (Phi) is 5.34. The van der Waals surface area contributed by atoms with Crippen LogP contribution in [0.1, 0.15) is 17.3 Å². The van der Waals surface area contributed by atoms with E-state index < -0.39 is 12.0 Å². The number of hydrogen-bond donors (Lipinski definition) is 2. The predicted octanol–water partition coefficient (Wildman–Crippen LogP) is 3.95. The Balaban J connectivity index is 1.98. The second-order valence-electron chi connectivity index (χ2n) is 5.38. The Morgan fingerprint density at radius 2 is 1.81 bits per heavy atom. The van der Waals surface area contributed by atoms with Crippen molar-refractivity contribution in [2.75, 3.05) is 6.61 Å². The molecule has 26 heavy (non-hydrogen) atoms. The maximum Gasteiger partial charge on any atom is 0.426 e. The van der Waals surface area contributed by atoms with Crippen molar-refractivity contribution < 1.29 is 14.3 Å². The van der Waals surface area contributed by atoms with Crippen LogP contribution >= 0.6 is 11.6 Å². The van der Waals surface area contributed by atoms with E-state index in [1.54, 1.807) is 31.2 Å². The van der Waals surface area contributed by atoms with Crippen molar-refractivity contribution in [3.8, 4) is 11.3 Å². The molecule has 0 unspecified atom stereocenters. The molecule has 3 rings (SSSR count). The number of aromatic nitrogens is 1. The van der Waals surface area contributed by atoms with E-state index >= 15 is 0 Å². The number of para-hydroxylation sites is 1. The summed E-state index contributed by atoms with van der Waals surface area (Å²) in [4.78, 5) is 28.6. The molecule has 2 amide bonds. The molecular weight excluding hydrogens is 354 g/mol. The lowest BCUT2D eigenvalue weighted by molar-refractivity contribution is 0.0914. The summed E-state index contributed by atoms with van der Waals surface area (Å²) in [6, 6.07) is 16.1. The first-order valence-electron chi connectivity index (χ1n) is 7.97. The zero-order valence-corrected chi connectivity index (χ0v) is 14.7. The van der Waals surface area contributed by atoms with Crippen molar-refractivity contribution >= 4 is 34.5 Å². The van der Waals surface area contributed by atoms with E-state index in [1.165, 1.54) is 0 Å². The smallest absolute Gasteiger partial charge is 0.426 e. The molecule has 0 aliphatic rings. The number of ether oxygens (including phenoxy) is 1. The minimum atomic E-state index is -0.725.